The number of benzene rings is 3. The van der Waals surface area contributed by atoms with Gasteiger partial charge in [-0.1, -0.05) is 25.0 Å². The van der Waals surface area contributed by atoms with Crippen molar-refractivity contribution in [1.82, 2.24) is 30.2 Å². The van der Waals surface area contributed by atoms with Crippen LogP contribution in [0.4, 0.5) is 0 Å². The number of ether oxygens (including phenoxy) is 5. The molecule has 2 aliphatic carbocycles. The third-order valence-corrected chi connectivity index (χ3v) is 13.6. The van der Waals surface area contributed by atoms with Gasteiger partial charge in [0.15, 0.2) is 28.8 Å². The second kappa shape index (κ2) is 18.1. The van der Waals surface area contributed by atoms with Crippen LogP contribution in [0, 0.1) is 17.8 Å². The molecule has 342 valence electrons. The quantitative estimate of drug-likeness (QED) is 0.107. The van der Waals surface area contributed by atoms with Gasteiger partial charge in [-0.25, -0.2) is 15.0 Å². The Balaban J connectivity index is 0.901. The maximum absolute atomic E-state index is 14.4. The van der Waals surface area contributed by atoms with Gasteiger partial charge in [-0.3, -0.25) is 19.2 Å². The Hall–Kier alpha value is -7.01. The molecule has 4 N–H and O–H groups in total. The molecule has 0 unspecified atom stereocenters. The number of rotatable bonds is 15. The molecule has 0 bridgehead atoms. The summed E-state index contributed by atoms with van der Waals surface area (Å²) in [5.41, 5.74) is 9.99. The fourth-order valence-corrected chi connectivity index (χ4v) is 9.82. The predicted octanol–water partition coefficient (Wildman–Crippen LogP) is 5.76. The minimum Gasteiger partial charge on any atom is -0.493 e. The Morgan fingerprint density at radius 3 is 2.36 bits per heavy atom. The number of ketones is 1. The molecule has 3 atom stereocenters. The van der Waals surface area contributed by atoms with Crippen LogP contribution in [-0.2, 0) is 4.79 Å². The van der Waals surface area contributed by atoms with E-state index in [2.05, 4.69) is 25.2 Å². The number of aromatic nitrogens is 3. The lowest BCUT2D eigenvalue weighted by Gasteiger charge is -2.43. The fourth-order valence-electron chi connectivity index (χ4n) is 9.82. The SMILES string of the molecule is COc1ccc(C2=NN(C3CCN(C[C@@H](NC(=O)c4c[nH]c5c(-c6c(OCC7CC7)ccc7c6OCO7)ncnc45)C(=O)c4ccc(C(N)=O)cc4)CC3)C(=O)[C@@H]3CCCC[C@H]23)cc1OC. The number of methoxy groups -OCH3 is 2. The van der Waals surface area contributed by atoms with Crippen LogP contribution in [0.2, 0.25) is 0 Å². The Kier molecular flexibility index (Phi) is 11.8. The minimum atomic E-state index is -1.00. The topological polar surface area (TPSA) is 213 Å². The summed E-state index contributed by atoms with van der Waals surface area (Å²) < 4.78 is 29.0. The average molecular weight is 897 g/mol. The van der Waals surface area contributed by atoms with Crippen LogP contribution in [0.15, 0.2) is 72.2 Å². The average Bonchev–Trinajstić information content (AvgIpc) is 3.87. The van der Waals surface area contributed by atoms with E-state index in [-0.39, 0.29) is 54.0 Å². The van der Waals surface area contributed by atoms with E-state index in [1.165, 1.54) is 18.5 Å². The normalized spacial score (nSPS) is 20.1. The summed E-state index contributed by atoms with van der Waals surface area (Å²) in [7, 11) is 3.21. The number of likely N-dealkylation sites (tertiary alicyclic amines) is 1. The second-order valence-corrected chi connectivity index (χ2v) is 17.7. The van der Waals surface area contributed by atoms with Crippen LogP contribution in [0.25, 0.3) is 22.3 Å². The molecule has 5 aromatic rings. The third-order valence-electron chi connectivity index (χ3n) is 13.6. The lowest BCUT2D eigenvalue weighted by Crippen LogP contribution is -2.54. The first-order valence-corrected chi connectivity index (χ1v) is 22.7. The highest BCUT2D eigenvalue weighted by molar-refractivity contribution is 6.11. The number of primary amides is 1. The number of nitrogens with one attached hydrogen (secondary N) is 2. The highest BCUT2D eigenvalue weighted by Gasteiger charge is 2.44. The van der Waals surface area contributed by atoms with Crippen molar-refractivity contribution in [3.05, 3.63) is 89.4 Å². The van der Waals surface area contributed by atoms with Gasteiger partial charge in [-0.05, 0) is 86.9 Å². The third kappa shape index (κ3) is 8.27. The zero-order valence-corrected chi connectivity index (χ0v) is 36.9. The Morgan fingerprint density at radius 2 is 1.62 bits per heavy atom. The standard InChI is InChI=1S/C49H52N8O9/c1-62-36-14-13-30(21-39(36)63-2)41-32-5-3-4-6-33(32)49(61)57(55-41)31-17-19-56(20-18-31)23-35(45(58)28-9-11-29(12-10-28)47(50)59)54-48(60)34-22-51-44-42(34)52-25-53-43(44)40-37(64-24-27-7-8-27)15-16-38-46(40)66-26-65-38/h9-16,21-22,25,27,31-33,35,51H,3-8,17-20,23-24,26H2,1-2H3,(H2,50,59)(H,54,60)/t32-,33+,35+/m0/s1. The number of piperidine rings is 1. The van der Waals surface area contributed by atoms with Gasteiger partial charge in [0.2, 0.25) is 18.6 Å². The predicted molar refractivity (Wildman–Crippen MR) is 242 cm³/mol. The molecule has 3 fully saturated rings. The number of aromatic amines is 1. The summed E-state index contributed by atoms with van der Waals surface area (Å²) in [5, 5.41) is 9.86. The number of Topliss-reactive ketones (excluding diaryl/α,β-unsaturated/α-hetero) is 1. The maximum Gasteiger partial charge on any atom is 0.255 e. The molecule has 0 radical (unpaired) electrons. The number of fused-ring (bicyclic) bond motifs is 3. The highest BCUT2D eigenvalue weighted by atomic mass is 16.7. The molecule has 17 heteroatoms. The number of carbonyl (C=O) groups excluding carboxylic acids is 4. The monoisotopic (exact) mass is 896 g/mol. The minimum absolute atomic E-state index is 0.0226. The van der Waals surface area contributed by atoms with Crippen LogP contribution in [-0.4, -0.2) is 113 Å². The highest BCUT2D eigenvalue weighted by Crippen LogP contribution is 2.48. The van der Waals surface area contributed by atoms with E-state index in [4.69, 9.17) is 34.5 Å². The summed E-state index contributed by atoms with van der Waals surface area (Å²) in [6.45, 7) is 1.89. The van der Waals surface area contributed by atoms with E-state index in [0.717, 1.165) is 49.8 Å². The molecular weight excluding hydrogens is 845 g/mol. The number of carbonyl (C=O) groups is 4. The van der Waals surface area contributed by atoms with Crippen molar-refractivity contribution >= 4 is 40.2 Å². The van der Waals surface area contributed by atoms with Crippen molar-refractivity contribution in [2.45, 2.75) is 63.5 Å². The molecule has 1 saturated heterocycles. The van der Waals surface area contributed by atoms with E-state index in [1.807, 2.05) is 30.3 Å². The molecule has 0 spiro atoms. The number of hydrogen-bond acceptors (Lipinski definition) is 13. The van der Waals surface area contributed by atoms with Gasteiger partial charge >= 0.3 is 0 Å². The number of nitrogens with zero attached hydrogens (tertiary/aromatic N) is 5. The van der Waals surface area contributed by atoms with Gasteiger partial charge in [0.25, 0.3) is 5.91 Å². The smallest absolute Gasteiger partial charge is 0.255 e. The fraction of sp³-hybridized carbons (Fsp3) is 0.408. The van der Waals surface area contributed by atoms with Crippen LogP contribution >= 0.6 is 0 Å². The lowest BCUT2D eigenvalue weighted by molar-refractivity contribution is -0.142. The van der Waals surface area contributed by atoms with Crippen molar-refractivity contribution in [2.75, 3.05) is 47.3 Å². The zero-order valence-electron chi connectivity index (χ0n) is 36.9. The summed E-state index contributed by atoms with van der Waals surface area (Å²) >= 11 is 0. The van der Waals surface area contributed by atoms with E-state index in [0.29, 0.717) is 95.1 Å². The number of hydrogen-bond donors (Lipinski definition) is 3. The first-order chi connectivity index (χ1) is 32.2. The molecule has 2 saturated carbocycles. The van der Waals surface area contributed by atoms with Crippen molar-refractivity contribution in [1.29, 1.82) is 0 Å². The molecule has 66 heavy (non-hydrogen) atoms. The van der Waals surface area contributed by atoms with Crippen molar-refractivity contribution in [3.63, 3.8) is 0 Å². The van der Waals surface area contributed by atoms with Crippen molar-refractivity contribution in [2.24, 2.45) is 28.6 Å². The van der Waals surface area contributed by atoms with Gasteiger partial charge < -0.3 is 44.6 Å². The molecule has 5 aliphatic rings. The van der Waals surface area contributed by atoms with E-state index in [1.54, 1.807) is 37.6 Å². The van der Waals surface area contributed by atoms with Crippen molar-refractivity contribution < 1.29 is 42.9 Å². The van der Waals surface area contributed by atoms with Crippen molar-refractivity contribution in [3.8, 4) is 40.0 Å². The summed E-state index contributed by atoms with van der Waals surface area (Å²) in [4.78, 5) is 69.4. The summed E-state index contributed by atoms with van der Waals surface area (Å²) in [6.07, 6.45) is 10.1. The Morgan fingerprint density at radius 1 is 0.879 bits per heavy atom. The summed E-state index contributed by atoms with van der Waals surface area (Å²) in [5.74, 6) is 1.81. The molecular formula is C49H52N8O9. The van der Waals surface area contributed by atoms with Crippen LogP contribution in [0.5, 0.6) is 28.7 Å². The number of amides is 3. The Labute approximate surface area is 381 Å². The first kappa shape index (κ1) is 42.9. The molecule has 10 rings (SSSR count). The second-order valence-electron chi connectivity index (χ2n) is 17.7. The van der Waals surface area contributed by atoms with Crippen LogP contribution in [0.1, 0.15) is 88.0 Å². The number of nitrogens with two attached hydrogens (primary N) is 1. The van der Waals surface area contributed by atoms with E-state index >= 15 is 0 Å². The van der Waals surface area contributed by atoms with Gasteiger partial charge in [-0.15, -0.1) is 0 Å². The molecule has 17 nitrogen and oxygen atoms in total. The lowest BCUT2D eigenvalue weighted by atomic mass is 9.73. The maximum atomic E-state index is 14.4. The van der Waals surface area contributed by atoms with Gasteiger partial charge in [0.05, 0.1) is 49.2 Å². The van der Waals surface area contributed by atoms with E-state index < -0.39 is 17.9 Å². The molecule has 3 aliphatic heterocycles. The van der Waals surface area contributed by atoms with E-state index in [9.17, 15) is 19.2 Å². The first-order valence-electron chi connectivity index (χ1n) is 22.7. The van der Waals surface area contributed by atoms with Crippen LogP contribution in [0.3, 0.4) is 0 Å². The van der Waals surface area contributed by atoms with Crippen LogP contribution < -0.4 is 34.7 Å². The molecule has 3 aromatic carbocycles. The Bertz CT molecular complexity index is 2730. The molecule has 5 heterocycles. The zero-order chi connectivity index (χ0) is 45.5. The van der Waals surface area contributed by atoms with Gasteiger partial charge in [0, 0.05) is 54.4 Å². The number of H-pyrrole nitrogens is 1. The number of hydrazone groups is 1. The van der Waals surface area contributed by atoms with Gasteiger partial charge in [-0.2, -0.15) is 5.10 Å². The molecule has 2 aromatic heterocycles. The summed E-state index contributed by atoms with van der Waals surface area (Å²) in [6, 6.07) is 14.4. The van der Waals surface area contributed by atoms with Gasteiger partial charge in [0.1, 0.15) is 29.3 Å². The largest absolute Gasteiger partial charge is 0.493 e. The molecule has 3 amide bonds.